The lowest BCUT2D eigenvalue weighted by Crippen LogP contribution is -2.15. The summed E-state index contributed by atoms with van der Waals surface area (Å²) in [5.41, 5.74) is 1.75. The largest absolute Gasteiger partial charge is 0.321 e. The Balaban J connectivity index is 2.37. The third-order valence-electron chi connectivity index (χ3n) is 2.90. The van der Waals surface area contributed by atoms with Gasteiger partial charge >= 0.3 is 0 Å². The Kier molecular flexibility index (Phi) is 4.49. The molecule has 0 saturated heterocycles. The Morgan fingerprint density at radius 3 is 2.43 bits per heavy atom. The molecule has 0 aliphatic heterocycles. The molecule has 1 amide bonds. The number of para-hydroxylation sites is 1. The van der Waals surface area contributed by atoms with E-state index in [1.54, 1.807) is 24.3 Å². The van der Waals surface area contributed by atoms with Gasteiger partial charge in [0.05, 0.1) is 16.1 Å². The number of anilines is 1. The molecule has 6 heteroatoms. The van der Waals surface area contributed by atoms with Crippen LogP contribution in [0.1, 0.15) is 15.9 Å². The van der Waals surface area contributed by atoms with Gasteiger partial charge in [0, 0.05) is 10.7 Å². The number of nitrogens with one attached hydrogen (secondary N) is 1. The van der Waals surface area contributed by atoms with E-state index in [1.165, 1.54) is 6.07 Å². The van der Waals surface area contributed by atoms with Crippen LogP contribution in [0.5, 0.6) is 0 Å². The molecule has 0 spiro atoms. The van der Waals surface area contributed by atoms with E-state index < -0.39 is 9.84 Å². The third-order valence-corrected chi connectivity index (χ3v) is 4.71. The molecular weight excluding hydrogens is 354 g/mol. The molecule has 0 bridgehead atoms. The van der Waals surface area contributed by atoms with Crippen LogP contribution in [0, 0.1) is 6.92 Å². The summed E-state index contributed by atoms with van der Waals surface area (Å²) >= 11 is 3.34. The maximum absolute atomic E-state index is 12.3. The van der Waals surface area contributed by atoms with Gasteiger partial charge < -0.3 is 5.32 Å². The SMILES string of the molecule is Cc1ccc(C(=O)Nc2ccccc2S(C)(=O)=O)c(Br)c1. The molecule has 0 heterocycles. The summed E-state index contributed by atoms with van der Waals surface area (Å²) in [4.78, 5) is 12.4. The number of amides is 1. The molecule has 1 N–H and O–H groups in total. The fourth-order valence-electron chi connectivity index (χ4n) is 1.89. The van der Waals surface area contributed by atoms with Crippen molar-refractivity contribution in [3.05, 3.63) is 58.1 Å². The zero-order chi connectivity index (χ0) is 15.6. The minimum Gasteiger partial charge on any atom is -0.321 e. The molecule has 110 valence electrons. The van der Waals surface area contributed by atoms with Crippen LogP contribution in [0.25, 0.3) is 0 Å². The zero-order valence-corrected chi connectivity index (χ0v) is 14.0. The number of carbonyl (C=O) groups excluding carboxylic acids is 1. The van der Waals surface area contributed by atoms with Crippen molar-refractivity contribution >= 4 is 37.4 Å². The van der Waals surface area contributed by atoms with Gasteiger partial charge in [-0.15, -0.1) is 0 Å². The second-order valence-corrected chi connectivity index (χ2v) is 7.54. The molecule has 2 aromatic carbocycles. The molecule has 0 atom stereocenters. The lowest BCUT2D eigenvalue weighted by Gasteiger charge is -2.11. The highest BCUT2D eigenvalue weighted by atomic mass is 79.9. The first kappa shape index (κ1) is 15.7. The minimum absolute atomic E-state index is 0.0987. The molecule has 0 aliphatic rings. The number of halogens is 1. The lowest BCUT2D eigenvalue weighted by molar-refractivity contribution is 0.102. The molecule has 2 rings (SSSR count). The summed E-state index contributed by atoms with van der Waals surface area (Å²) in [6.45, 7) is 1.92. The second-order valence-electron chi connectivity index (χ2n) is 4.71. The van der Waals surface area contributed by atoms with Gasteiger partial charge in [0.2, 0.25) is 0 Å². The van der Waals surface area contributed by atoms with Crippen molar-refractivity contribution in [1.82, 2.24) is 0 Å². The normalized spacial score (nSPS) is 11.2. The molecule has 0 fully saturated rings. The standard InChI is InChI=1S/C15H14BrNO3S/c1-10-7-8-11(12(16)9-10)15(18)17-13-5-3-4-6-14(13)21(2,19)20/h3-9H,1-2H3,(H,17,18). The molecule has 0 aliphatic carbocycles. The van der Waals surface area contributed by atoms with Crippen molar-refractivity contribution in [1.29, 1.82) is 0 Å². The molecule has 0 aromatic heterocycles. The van der Waals surface area contributed by atoms with Crippen molar-refractivity contribution in [2.45, 2.75) is 11.8 Å². The molecular formula is C15H14BrNO3S. The van der Waals surface area contributed by atoms with Gasteiger partial charge in [0.1, 0.15) is 0 Å². The Morgan fingerprint density at radius 1 is 1.14 bits per heavy atom. The molecule has 2 aromatic rings. The van der Waals surface area contributed by atoms with Crippen LogP contribution >= 0.6 is 15.9 Å². The summed E-state index contributed by atoms with van der Waals surface area (Å²) < 4.78 is 24.1. The number of carbonyl (C=O) groups is 1. The molecule has 0 saturated carbocycles. The van der Waals surface area contributed by atoms with Gasteiger partial charge in [-0.05, 0) is 52.7 Å². The maximum Gasteiger partial charge on any atom is 0.256 e. The summed E-state index contributed by atoms with van der Waals surface area (Å²) in [7, 11) is -3.40. The van der Waals surface area contributed by atoms with E-state index in [1.807, 2.05) is 19.1 Å². The van der Waals surface area contributed by atoms with Crippen molar-refractivity contribution in [3.63, 3.8) is 0 Å². The van der Waals surface area contributed by atoms with E-state index in [4.69, 9.17) is 0 Å². The summed E-state index contributed by atoms with van der Waals surface area (Å²) in [5.74, 6) is -0.363. The predicted molar refractivity (Wildman–Crippen MR) is 86.4 cm³/mol. The molecule has 21 heavy (non-hydrogen) atoms. The topological polar surface area (TPSA) is 63.2 Å². The van der Waals surface area contributed by atoms with Crippen LogP contribution in [0.3, 0.4) is 0 Å². The number of aryl methyl sites for hydroxylation is 1. The second kappa shape index (κ2) is 5.99. The van der Waals surface area contributed by atoms with Crippen molar-refractivity contribution in [2.24, 2.45) is 0 Å². The number of rotatable bonds is 3. The van der Waals surface area contributed by atoms with Crippen LogP contribution in [0.2, 0.25) is 0 Å². The van der Waals surface area contributed by atoms with Crippen LogP contribution in [0.15, 0.2) is 51.8 Å². The van der Waals surface area contributed by atoms with Crippen LogP contribution in [-0.4, -0.2) is 20.6 Å². The Morgan fingerprint density at radius 2 is 1.81 bits per heavy atom. The minimum atomic E-state index is -3.40. The number of sulfone groups is 1. The molecule has 4 nitrogen and oxygen atoms in total. The first-order valence-electron chi connectivity index (χ1n) is 6.15. The van der Waals surface area contributed by atoms with Gasteiger partial charge in [-0.2, -0.15) is 0 Å². The van der Waals surface area contributed by atoms with Gasteiger partial charge in [0.25, 0.3) is 5.91 Å². The fraction of sp³-hybridized carbons (Fsp3) is 0.133. The Hall–Kier alpha value is -1.66. The third kappa shape index (κ3) is 3.71. The average molecular weight is 368 g/mol. The first-order valence-corrected chi connectivity index (χ1v) is 8.84. The highest BCUT2D eigenvalue weighted by Gasteiger charge is 2.16. The first-order chi connectivity index (χ1) is 9.79. The number of benzene rings is 2. The van der Waals surface area contributed by atoms with Gasteiger partial charge in [-0.1, -0.05) is 18.2 Å². The van der Waals surface area contributed by atoms with Crippen LogP contribution < -0.4 is 5.32 Å². The van der Waals surface area contributed by atoms with Crippen LogP contribution in [-0.2, 0) is 9.84 Å². The summed E-state index contributed by atoms with van der Waals surface area (Å²) in [5, 5.41) is 2.65. The maximum atomic E-state index is 12.3. The number of hydrogen-bond acceptors (Lipinski definition) is 3. The van der Waals surface area contributed by atoms with Gasteiger partial charge in [0.15, 0.2) is 9.84 Å². The highest BCUT2D eigenvalue weighted by molar-refractivity contribution is 9.10. The Labute approximate surface area is 132 Å². The fourth-order valence-corrected chi connectivity index (χ4v) is 3.40. The average Bonchev–Trinajstić information content (AvgIpc) is 2.37. The lowest BCUT2D eigenvalue weighted by atomic mass is 10.1. The monoisotopic (exact) mass is 367 g/mol. The van der Waals surface area contributed by atoms with Gasteiger partial charge in [-0.25, -0.2) is 8.42 Å². The molecule has 0 unspecified atom stereocenters. The summed E-state index contributed by atoms with van der Waals surface area (Å²) in [6.07, 6.45) is 1.11. The van der Waals surface area contributed by atoms with Crippen molar-refractivity contribution < 1.29 is 13.2 Å². The van der Waals surface area contributed by atoms with Gasteiger partial charge in [-0.3, -0.25) is 4.79 Å². The van der Waals surface area contributed by atoms with E-state index in [0.29, 0.717) is 10.0 Å². The van der Waals surface area contributed by atoms with E-state index >= 15 is 0 Å². The van der Waals surface area contributed by atoms with E-state index in [-0.39, 0.29) is 16.5 Å². The highest BCUT2D eigenvalue weighted by Crippen LogP contribution is 2.23. The smallest absolute Gasteiger partial charge is 0.256 e. The quantitative estimate of drug-likeness (QED) is 0.903. The van der Waals surface area contributed by atoms with Crippen LogP contribution in [0.4, 0.5) is 5.69 Å². The zero-order valence-electron chi connectivity index (χ0n) is 11.6. The molecule has 0 radical (unpaired) electrons. The number of hydrogen-bond donors (Lipinski definition) is 1. The Bertz CT molecular complexity index is 800. The predicted octanol–water partition coefficient (Wildman–Crippen LogP) is 3.41. The van der Waals surface area contributed by atoms with E-state index in [9.17, 15) is 13.2 Å². The van der Waals surface area contributed by atoms with Crippen molar-refractivity contribution in [3.8, 4) is 0 Å². The summed E-state index contributed by atoms with van der Waals surface area (Å²) in [6, 6.07) is 11.7. The van der Waals surface area contributed by atoms with Crippen molar-refractivity contribution in [2.75, 3.05) is 11.6 Å². The van der Waals surface area contributed by atoms with E-state index in [2.05, 4.69) is 21.2 Å². The van der Waals surface area contributed by atoms with E-state index in [0.717, 1.165) is 11.8 Å².